The fraction of sp³-hybridized carbons (Fsp3) is 0.500. The fourth-order valence-electron chi connectivity index (χ4n) is 4.66. The maximum absolute atomic E-state index is 14.4. The molecule has 4 rings (SSSR count). The van der Waals surface area contributed by atoms with E-state index in [1.54, 1.807) is 19.2 Å². The number of rotatable bonds is 9. The Bertz CT molecular complexity index is 983. The van der Waals surface area contributed by atoms with Crippen LogP contribution in [0.25, 0.3) is 0 Å². The van der Waals surface area contributed by atoms with Crippen molar-refractivity contribution >= 4 is 29.0 Å². The van der Waals surface area contributed by atoms with Crippen LogP contribution in [-0.4, -0.2) is 44.1 Å². The normalized spacial score (nSPS) is 18.3. The molecule has 0 aromatic heterocycles. The zero-order chi connectivity index (χ0) is 23.5. The summed E-state index contributed by atoms with van der Waals surface area (Å²) >= 11 is 12.5. The quantitative estimate of drug-likeness (QED) is 0.364. The summed E-state index contributed by atoms with van der Waals surface area (Å²) < 4.78 is 26.0. The summed E-state index contributed by atoms with van der Waals surface area (Å²) in [6, 6.07) is 8.82. The van der Waals surface area contributed by atoms with Gasteiger partial charge in [0.1, 0.15) is 11.6 Å². The number of carbonyl (C=O) groups excluding carboxylic acids is 1. The molecule has 178 valence electrons. The molecule has 2 aliphatic rings. The van der Waals surface area contributed by atoms with Gasteiger partial charge in [-0.05, 0) is 92.9 Å². The molecule has 33 heavy (non-hydrogen) atoms. The molecule has 1 aliphatic carbocycles. The van der Waals surface area contributed by atoms with Gasteiger partial charge in [0, 0.05) is 23.2 Å². The SMILES string of the molecule is COC[C@@H](c1cc(Cl)cc(Cl)c1)N1CCC(COc2cc(F)c(C(C)=O)cc2C2CC2)CC1. The summed E-state index contributed by atoms with van der Waals surface area (Å²) in [5, 5.41) is 1.24. The molecule has 0 radical (unpaired) electrons. The second kappa shape index (κ2) is 10.7. The first kappa shape index (κ1) is 24.5. The highest BCUT2D eigenvalue weighted by molar-refractivity contribution is 6.34. The zero-order valence-electron chi connectivity index (χ0n) is 19.1. The fourth-order valence-corrected chi connectivity index (χ4v) is 5.20. The Kier molecular flexibility index (Phi) is 7.95. The number of benzene rings is 2. The molecule has 0 unspecified atom stereocenters. The van der Waals surface area contributed by atoms with Crippen molar-refractivity contribution < 1.29 is 18.7 Å². The van der Waals surface area contributed by atoms with E-state index < -0.39 is 5.82 Å². The number of carbonyl (C=O) groups is 1. The lowest BCUT2D eigenvalue weighted by Gasteiger charge is -2.37. The summed E-state index contributed by atoms with van der Waals surface area (Å²) in [6.07, 6.45) is 4.07. The van der Waals surface area contributed by atoms with E-state index in [1.807, 2.05) is 12.1 Å². The van der Waals surface area contributed by atoms with Crippen molar-refractivity contribution in [3.05, 3.63) is 62.9 Å². The number of hydrogen-bond acceptors (Lipinski definition) is 4. The minimum Gasteiger partial charge on any atom is -0.493 e. The van der Waals surface area contributed by atoms with E-state index in [-0.39, 0.29) is 17.4 Å². The Labute approximate surface area is 205 Å². The van der Waals surface area contributed by atoms with E-state index in [9.17, 15) is 9.18 Å². The number of Topliss-reactive ketones (excluding diaryl/α,β-unsaturated/α-hetero) is 1. The average molecular weight is 494 g/mol. The average Bonchev–Trinajstić information content (AvgIpc) is 3.61. The van der Waals surface area contributed by atoms with Crippen LogP contribution < -0.4 is 4.74 Å². The van der Waals surface area contributed by atoms with Crippen molar-refractivity contribution in [1.82, 2.24) is 4.90 Å². The van der Waals surface area contributed by atoms with Gasteiger partial charge < -0.3 is 9.47 Å². The van der Waals surface area contributed by atoms with Gasteiger partial charge in [0.25, 0.3) is 0 Å². The van der Waals surface area contributed by atoms with Gasteiger partial charge in [0.15, 0.2) is 5.78 Å². The van der Waals surface area contributed by atoms with E-state index in [2.05, 4.69) is 4.90 Å². The van der Waals surface area contributed by atoms with Gasteiger partial charge in [-0.1, -0.05) is 23.2 Å². The van der Waals surface area contributed by atoms with Gasteiger partial charge >= 0.3 is 0 Å². The number of halogens is 3. The predicted molar refractivity (Wildman–Crippen MR) is 129 cm³/mol. The van der Waals surface area contributed by atoms with Crippen LogP contribution >= 0.6 is 23.2 Å². The molecule has 1 atom stereocenters. The van der Waals surface area contributed by atoms with Crippen LogP contribution in [0, 0.1) is 11.7 Å². The molecule has 1 aliphatic heterocycles. The lowest BCUT2D eigenvalue weighted by molar-refractivity contribution is 0.0556. The molecule has 0 spiro atoms. The highest BCUT2D eigenvalue weighted by Crippen LogP contribution is 2.45. The Morgan fingerprint density at radius 1 is 1.09 bits per heavy atom. The van der Waals surface area contributed by atoms with Crippen LogP contribution in [0.2, 0.25) is 10.0 Å². The van der Waals surface area contributed by atoms with Crippen LogP contribution in [0.4, 0.5) is 4.39 Å². The summed E-state index contributed by atoms with van der Waals surface area (Å²) in [5.74, 6) is 0.599. The molecule has 4 nitrogen and oxygen atoms in total. The van der Waals surface area contributed by atoms with Crippen molar-refractivity contribution in [1.29, 1.82) is 0 Å². The molecular formula is C26H30Cl2FNO3. The number of ether oxygens (including phenoxy) is 2. The number of likely N-dealkylation sites (tertiary alicyclic amines) is 1. The first-order chi connectivity index (χ1) is 15.9. The zero-order valence-corrected chi connectivity index (χ0v) is 20.6. The molecule has 2 aromatic carbocycles. The number of hydrogen-bond donors (Lipinski definition) is 0. The first-order valence-corrected chi connectivity index (χ1v) is 12.3. The molecule has 0 N–H and O–H groups in total. The summed E-state index contributed by atoms with van der Waals surface area (Å²) in [7, 11) is 1.70. The molecule has 0 bridgehead atoms. The highest BCUT2D eigenvalue weighted by Gasteiger charge is 2.30. The van der Waals surface area contributed by atoms with Gasteiger partial charge in [-0.2, -0.15) is 0 Å². The van der Waals surface area contributed by atoms with E-state index in [0.717, 1.165) is 49.9 Å². The maximum Gasteiger partial charge on any atom is 0.162 e. The summed E-state index contributed by atoms with van der Waals surface area (Å²) in [4.78, 5) is 14.1. The molecule has 1 heterocycles. The van der Waals surface area contributed by atoms with Gasteiger partial charge in [-0.3, -0.25) is 9.69 Å². The third-order valence-corrected chi connectivity index (χ3v) is 7.09. The van der Waals surface area contributed by atoms with Gasteiger partial charge in [-0.15, -0.1) is 0 Å². The summed E-state index contributed by atoms with van der Waals surface area (Å²) in [5.41, 5.74) is 2.18. The van der Waals surface area contributed by atoms with Crippen molar-refractivity contribution in [3.8, 4) is 5.75 Å². The number of ketones is 1. The third-order valence-electron chi connectivity index (χ3n) is 6.65. The van der Waals surface area contributed by atoms with Gasteiger partial charge in [0.2, 0.25) is 0 Å². The molecule has 2 fully saturated rings. The highest BCUT2D eigenvalue weighted by atomic mass is 35.5. The van der Waals surface area contributed by atoms with E-state index >= 15 is 0 Å². The van der Waals surface area contributed by atoms with E-state index in [1.165, 1.54) is 13.0 Å². The smallest absolute Gasteiger partial charge is 0.162 e. The van der Waals surface area contributed by atoms with E-state index in [4.69, 9.17) is 32.7 Å². The van der Waals surface area contributed by atoms with Gasteiger partial charge in [-0.25, -0.2) is 4.39 Å². The lowest BCUT2D eigenvalue weighted by Crippen LogP contribution is -2.39. The van der Waals surface area contributed by atoms with Crippen LogP contribution in [0.15, 0.2) is 30.3 Å². The lowest BCUT2D eigenvalue weighted by atomic mass is 9.95. The standard InChI is InChI=1S/C26H30Cl2FNO3/c1-16(31)22-12-23(18-3-4-18)26(13-24(22)29)33-14-17-5-7-30(8-6-17)25(15-32-2)19-9-20(27)11-21(28)10-19/h9-13,17-18,25H,3-8,14-15H2,1-2H3/t25-/m0/s1. The van der Waals surface area contributed by atoms with Crippen molar-refractivity contribution in [2.75, 3.05) is 33.4 Å². The first-order valence-electron chi connectivity index (χ1n) is 11.5. The van der Waals surface area contributed by atoms with Gasteiger partial charge in [0.05, 0.1) is 24.8 Å². The summed E-state index contributed by atoms with van der Waals surface area (Å²) in [6.45, 7) is 4.31. The third kappa shape index (κ3) is 6.07. The maximum atomic E-state index is 14.4. The Hall–Kier alpha value is -1.66. The monoisotopic (exact) mass is 493 g/mol. The second-order valence-corrected chi connectivity index (χ2v) is 10.0. The van der Waals surface area contributed by atoms with Crippen LogP contribution in [0.1, 0.15) is 66.1 Å². The Morgan fingerprint density at radius 3 is 2.33 bits per heavy atom. The minimum atomic E-state index is -0.501. The Balaban J connectivity index is 1.38. The topological polar surface area (TPSA) is 38.8 Å². The number of nitrogens with zero attached hydrogens (tertiary/aromatic N) is 1. The molecule has 1 saturated carbocycles. The molecule has 2 aromatic rings. The molecule has 7 heteroatoms. The minimum absolute atomic E-state index is 0.0859. The van der Waals surface area contributed by atoms with Crippen molar-refractivity contribution in [3.63, 3.8) is 0 Å². The molecule has 0 amide bonds. The largest absolute Gasteiger partial charge is 0.493 e. The Morgan fingerprint density at radius 2 is 1.76 bits per heavy atom. The predicted octanol–water partition coefficient (Wildman–Crippen LogP) is 6.69. The van der Waals surface area contributed by atoms with E-state index in [0.29, 0.717) is 40.8 Å². The van der Waals surface area contributed by atoms with Crippen molar-refractivity contribution in [2.45, 2.75) is 44.6 Å². The number of methoxy groups -OCH3 is 1. The molecule has 1 saturated heterocycles. The number of piperidine rings is 1. The van der Waals surface area contributed by atoms with Crippen LogP contribution in [0.3, 0.4) is 0 Å². The van der Waals surface area contributed by atoms with Crippen molar-refractivity contribution in [2.24, 2.45) is 5.92 Å². The molecular weight excluding hydrogens is 464 g/mol. The second-order valence-electron chi connectivity index (χ2n) is 9.16. The van der Waals surface area contributed by atoms with Crippen LogP contribution in [0.5, 0.6) is 5.75 Å². The van der Waals surface area contributed by atoms with Crippen LogP contribution in [-0.2, 0) is 4.74 Å².